The van der Waals surface area contributed by atoms with Gasteiger partial charge < -0.3 is 10.4 Å². The van der Waals surface area contributed by atoms with Gasteiger partial charge in [0.15, 0.2) is 0 Å². The van der Waals surface area contributed by atoms with Crippen LogP contribution in [0.2, 0.25) is 0 Å². The minimum Gasteiger partial charge on any atom is -0.388 e. The Labute approximate surface area is 106 Å². The summed E-state index contributed by atoms with van der Waals surface area (Å²) in [6.45, 7) is 3.79. The molecule has 6 nitrogen and oxygen atoms in total. The van der Waals surface area contributed by atoms with Crippen molar-refractivity contribution in [3.63, 3.8) is 0 Å². The molecule has 1 aromatic heterocycles. The molecule has 0 fully saturated rings. The van der Waals surface area contributed by atoms with Gasteiger partial charge in [-0.05, 0) is 19.4 Å². The first kappa shape index (κ1) is 14.4. The molecule has 0 aromatic carbocycles. The van der Waals surface area contributed by atoms with Gasteiger partial charge in [0.25, 0.3) is 11.5 Å². The Bertz CT molecular complexity index is 480. The summed E-state index contributed by atoms with van der Waals surface area (Å²) in [4.78, 5) is 22.9. The van der Waals surface area contributed by atoms with Crippen LogP contribution in [-0.4, -0.2) is 32.9 Å². The molecule has 1 rings (SSSR count). The molecule has 0 saturated carbocycles. The summed E-state index contributed by atoms with van der Waals surface area (Å²) in [6, 6.07) is 2.65. The third kappa shape index (κ3) is 3.96. The SMILES string of the molecule is CCCC(C)(O)CNC(=O)c1ccc(=O)n(C)n1. The molecular weight excluding hydrogens is 234 g/mol. The number of carbonyl (C=O) groups excluding carboxylic acids is 1. The smallest absolute Gasteiger partial charge is 0.271 e. The summed E-state index contributed by atoms with van der Waals surface area (Å²) < 4.78 is 1.10. The minimum absolute atomic E-state index is 0.157. The summed E-state index contributed by atoms with van der Waals surface area (Å²) in [7, 11) is 1.48. The van der Waals surface area contributed by atoms with Gasteiger partial charge in [-0.15, -0.1) is 0 Å². The zero-order valence-corrected chi connectivity index (χ0v) is 10.9. The zero-order chi connectivity index (χ0) is 13.8. The Balaban J connectivity index is 2.66. The van der Waals surface area contributed by atoms with E-state index in [4.69, 9.17) is 0 Å². The standard InChI is InChI=1S/C12H19N3O3/c1-4-7-12(2,18)8-13-11(17)9-5-6-10(16)15(3)14-9/h5-6,18H,4,7-8H2,1-3H3,(H,13,17). The summed E-state index contributed by atoms with van der Waals surface area (Å²) >= 11 is 0. The van der Waals surface area contributed by atoms with Crippen LogP contribution in [0.4, 0.5) is 0 Å². The number of amides is 1. The average molecular weight is 253 g/mol. The van der Waals surface area contributed by atoms with E-state index in [0.29, 0.717) is 6.42 Å². The first-order chi connectivity index (χ1) is 8.35. The van der Waals surface area contributed by atoms with Gasteiger partial charge in [0.1, 0.15) is 5.69 Å². The van der Waals surface area contributed by atoms with Gasteiger partial charge in [0, 0.05) is 19.7 Å². The molecule has 0 spiro atoms. The molecule has 0 aliphatic heterocycles. The van der Waals surface area contributed by atoms with Crippen molar-refractivity contribution in [3.8, 4) is 0 Å². The number of carbonyl (C=O) groups is 1. The fourth-order valence-corrected chi connectivity index (χ4v) is 1.61. The predicted octanol–water partition coefficient (Wildman–Crippen LogP) is 0.0612. The third-order valence-corrected chi connectivity index (χ3v) is 2.61. The monoisotopic (exact) mass is 253 g/mol. The van der Waals surface area contributed by atoms with Crippen LogP contribution < -0.4 is 10.9 Å². The van der Waals surface area contributed by atoms with E-state index in [1.54, 1.807) is 6.92 Å². The van der Waals surface area contributed by atoms with E-state index in [2.05, 4.69) is 10.4 Å². The van der Waals surface area contributed by atoms with Crippen molar-refractivity contribution in [2.45, 2.75) is 32.3 Å². The highest BCUT2D eigenvalue weighted by atomic mass is 16.3. The molecule has 1 aromatic rings. The average Bonchev–Trinajstić information content (AvgIpc) is 2.30. The zero-order valence-electron chi connectivity index (χ0n) is 10.9. The van der Waals surface area contributed by atoms with Gasteiger partial charge in [-0.3, -0.25) is 9.59 Å². The maximum absolute atomic E-state index is 11.8. The van der Waals surface area contributed by atoms with Crippen molar-refractivity contribution in [3.05, 3.63) is 28.2 Å². The third-order valence-electron chi connectivity index (χ3n) is 2.61. The molecule has 0 saturated heterocycles. The first-order valence-corrected chi connectivity index (χ1v) is 5.90. The highest BCUT2D eigenvalue weighted by Crippen LogP contribution is 2.10. The van der Waals surface area contributed by atoms with Crippen LogP contribution in [0.1, 0.15) is 37.2 Å². The van der Waals surface area contributed by atoms with Crippen LogP contribution in [0.15, 0.2) is 16.9 Å². The van der Waals surface area contributed by atoms with Crippen LogP contribution in [0.3, 0.4) is 0 Å². The highest BCUT2D eigenvalue weighted by Gasteiger charge is 2.20. The van der Waals surface area contributed by atoms with Gasteiger partial charge in [0.05, 0.1) is 5.60 Å². The van der Waals surface area contributed by atoms with E-state index < -0.39 is 11.5 Å². The molecular formula is C12H19N3O3. The van der Waals surface area contributed by atoms with Crippen molar-refractivity contribution < 1.29 is 9.90 Å². The van der Waals surface area contributed by atoms with Crippen LogP contribution in [0.25, 0.3) is 0 Å². The predicted molar refractivity (Wildman–Crippen MR) is 67.3 cm³/mol. The summed E-state index contributed by atoms with van der Waals surface area (Å²) in [5, 5.41) is 16.4. The topological polar surface area (TPSA) is 84.2 Å². The normalized spacial score (nSPS) is 14.0. The first-order valence-electron chi connectivity index (χ1n) is 5.90. The van der Waals surface area contributed by atoms with Crippen molar-refractivity contribution >= 4 is 5.91 Å². The van der Waals surface area contributed by atoms with Crippen molar-refractivity contribution in [2.75, 3.05) is 6.54 Å². The Hall–Kier alpha value is -1.69. The van der Waals surface area contributed by atoms with Crippen LogP contribution >= 0.6 is 0 Å². The highest BCUT2D eigenvalue weighted by molar-refractivity contribution is 5.92. The van der Waals surface area contributed by atoms with E-state index in [-0.39, 0.29) is 17.8 Å². The minimum atomic E-state index is -0.926. The largest absolute Gasteiger partial charge is 0.388 e. The summed E-state index contributed by atoms with van der Waals surface area (Å²) in [5.41, 5.74) is -1.04. The van der Waals surface area contributed by atoms with E-state index >= 15 is 0 Å². The second kappa shape index (κ2) is 5.77. The second-order valence-electron chi connectivity index (χ2n) is 4.61. The maximum Gasteiger partial charge on any atom is 0.271 e. The second-order valence-corrected chi connectivity index (χ2v) is 4.61. The number of nitrogens with zero attached hydrogens (tertiary/aromatic N) is 2. The fraction of sp³-hybridized carbons (Fsp3) is 0.583. The molecule has 1 atom stereocenters. The molecule has 6 heteroatoms. The maximum atomic E-state index is 11.8. The van der Waals surface area contributed by atoms with Crippen LogP contribution in [0, 0.1) is 0 Å². The lowest BCUT2D eigenvalue weighted by Crippen LogP contribution is -2.41. The van der Waals surface area contributed by atoms with Crippen LogP contribution in [-0.2, 0) is 7.05 Å². The number of aliphatic hydroxyl groups is 1. The van der Waals surface area contributed by atoms with Gasteiger partial charge in [-0.2, -0.15) is 5.10 Å². The fourth-order valence-electron chi connectivity index (χ4n) is 1.61. The lowest BCUT2D eigenvalue weighted by Gasteiger charge is -2.22. The van der Waals surface area contributed by atoms with E-state index in [9.17, 15) is 14.7 Å². The molecule has 100 valence electrons. The Morgan fingerprint density at radius 1 is 1.56 bits per heavy atom. The van der Waals surface area contributed by atoms with Crippen molar-refractivity contribution in [1.82, 2.24) is 15.1 Å². The number of rotatable bonds is 5. The molecule has 1 amide bonds. The molecule has 0 radical (unpaired) electrons. The molecule has 18 heavy (non-hydrogen) atoms. The Morgan fingerprint density at radius 3 is 2.78 bits per heavy atom. The number of hydrogen-bond donors (Lipinski definition) is 2. The number of nitrogens with one attached hydrogen (secondary N) is 1. The Kier molecular flexibility index (Phi) is 4.61. The van der Waals surface area contributed by atoms with E-state index in [1.807, 2.05) is 6.92 Å². The molecule has 0 aliphatic rings. The number of aryl methyl sites for hydroxylation is 1. The molecule has 0 bridgehead atoms. The number of hydrogen-bond acceptors (Lipinski definition) is 4. The van der Waals surface area contributed by atoms with Gasteiger partial charge >= 0.3 is 0 Å². The lowest BCUT2D eigenvalue weighted by molar-refractivity contribution is 0.0468. The van der Waals surface area contributed by atoms with Crippen molar-refractivity contribution in [2.24, 2.45) is 7.05 Å². The van der Waals surface area contributed by atoms with E-state index in [0.717, 1.165) is 11.1 Å². The molecule has 1 unspecified atom stereocenters. The summed E-state index contributed by atoms with van der Waals surface area (Å²) in [6.07, 6.45) is 1.44. The lowest BCUT2D eigenvalue weighted by atomic mass is 10.0. The Morgan fingerprint density at radius 2 is 2.22 bits per heavy atom. The van der Waals surface area contributed by atoms with Gasteiger partial charge in [-0.1, -0.05) is 13.3 Å². The van der Waals surface area contributed by atoms with Gasteiger partial charge in [0.2, 0.25) is 0 Å². The quantitative estimate of drug-likeness (QED) is 0.777. The number of aromatic nitrogens is 2. The van der Waals surface area contributed by atoms with Gasteiger partial charge in [-0.25, -0.2) is 4.68 Å². The van der Waals surface area contributed by atoms with Crippen LogP contribution in [0.5, 0.6) is 0 Å². The summed E-state index contributed by atoms with van der Waals surface area (Å²) in [5.74, 6) is -0.401. The molecule has 1 heterocycles. The molecule has 2 N–H and O–H groups in total. The van der Waals surface area contributed by atoms with Crippen molar-refractivity contribution in [1.29, 1.82) is 0 Å². The molecule has 0 aliphatic carbocycles. The van der Waals surface area contributed by atoms with E-state index in [1.165, 1.54) is 19.2 Å².